The fourth-order valence-corrected chi connectivity index (χ4v) is 4.40. The maximum Gasteiger partial charge on any atom is 0.116 e. The molecule has 3 aromatic carbocycles. The van der Waals surface area contributed by atoms with Crippen molar-refractivity contribution in [2.24, 2.45) is 0 Å². The second kappa shape index (κ2) is 6.11. The first-order valence-corrected chi connectivity index (χ1v) is 9.25. The molecule has 0 saturated heterocycles. The fraction of sp³-hybridized carbons (Fsp3) is 0.304. The van der Waals surface area contributed by atoms with E-state index in [1.165, 1.54) is 44.2 Å². The van der Waals surface area contributed by atoms with Gasteiger partial charge in [-0.25, -0.2) is 0 Å². The lowest BCUT2D eigenvalue weighted by Gasteiger charge is -2.19. The first-order valence-electron chi connectivity index (χ1n) is 9.25. The molecule has 0 saturated carbocycles. The van der Waals surface area contributed by atoms with Crippen LogP contribution < -0.4 is 0 Å². The average molecular weight is 332 g/mol. The lowest BCUT2D eigenvalue weighted by Crippen LogP contribution is -2.00. The second-order valence-corrected chi connectivity index (χ2v) is 7.06. The fourth-order valence-electron chi connectivity index (χ4n) is 4.40. The highest BCUT2D eigenvalue weighted by Gasteiger charge is 2.27. The Morgan fingerprint density at radius 2 is 1.48 bits per heavy atom. The van der Waals surface area contributed by atoms with Crippen molar-refractivity contribution < 1.29 is 10.2 Å². The molecule has 1 aliphatic carbocycles. The molecule has 0 spiro atoms. The molecular formula is C23H24O2. The van der Waals surface area contributed by atoms with Crippen molar-refractivity contribution in [3.8, 4) is 22.6 Å². The Labute approximate surface area is 148 Å². The molecule has 4 rings (SSSR count). The molecule has 0 radical (unpaired) electrons. The zero-order chi connectivity index (χ0) is 17.6. The Bertz CT molecular complexity index is 970. The van der Waals surface area contributed by atoms with Crippen molar-refractivity contribution >= 4 is 10.8 Å². The van der Waals surface area contributed by atoms with Gasteiger partial charge < -0.3 is 10.2 Å². The van der Waals surface area contributed by atoms with Crippen molar-refractivity contribution in [3.05, 3.63) is 58.7 Å². The molecule has 1 aliphatic rings. The number of benzene rings is 3. The van der Waals surface area contributed by atoms with Crippen LogP contribution >= 0.6 is 0 Å². The standard InChI is InChI=1S/C23H24O2/c1-3-5-18-21-13-16(25)8-10-19(21)20(6-4-2)23-17-9-7-15(24)11-14(17)12-22(18)23/h7-11,13,24-25H,3-6,12H2,1-2H3. The maximum atomic E-state index is 10.1. The molecular weight excluding hydrogens is 308 g/mol. The summed E-state index contributed by atoms with van der Waals surface area (Å²) in [4.78, 5) is 0. The van der Waals surface area contributed by atoms with Gasteiger partial charge >= 0.3 is 0 Å². The number of phenols is 2. The number of aromatic hydroxyl groups is 2. The van der Waals surface area contributed by atoms with Crippen molar-refractivity contribution in [2.45, 2.75) is 46.0 Å². The molecule has 2 heteroatoms. The first kappa shape index (κ1) is 16.0. The third-order valence-electron chi connectivity index (χ3n) is 5.35. The van der Waals surface area contributed by atoms with Crippen LogP contribution in [0.25, 0.3) is 21.9 Å². The van der Waals surface area contributed by atoms with Gasteiger partial charge in [0.2, 0.25) is 0 Å². The zero-order valence-corrected chi connectivity index (χ0v) is 14.9. The predicted molar refractivity (Wildman–Crippen MR) is 104 cm³/mol. The summed E-state index contributed by atoms with van der Waals surface area (Å²) in [5, 5.41) is 22.4. The average Bonchev–Trinajstić information content (AvgIpc) is 2.96. The van der Waals surface area contributed by atoms with E-state index >= 15 is 0 Å². The molecule has 25 heavy (non-hydrogen) atoms. The van der Waals surface area contributed by atoms with Crippen LogP contribution in [0.1, 0.15) is 48.9 Å². The molecule has 0 bridgehead atoms. The number of rotatable bonds is 4. The van der Waals surface area contributed by atoms with Gasteiger partial charge in [-0.1, -0.05) is 38.8 Å². The normalized spacial score (nSPS) is 12.4. The number of fused-ring (bicyclic) bond motifs is 4. The summed E-state index contributed by atoms with van der Waals surface area (Å²) in [6.07, 6.45) is 5.07. The van der Waals surface area contributed by atoms with E-state index in [1.54, 1.807) is 12.1 Å². The Morgan fingerprint density at radius 1 is 0.800 bits per heavy atom. The zero-order valence-electron chi connectivity index (χ0n) is 14.9. The molecule has 0 aliphatic heterocycles. The molecule has 0 heterocycles. The van der Waals surface area contributed by atoms with E-state index in [0.29, 0.717) is 11.5 Å². The van der Waals surface area contributed by atoms with Crippen molar-refractivity contribution in [2.75, 3.05) is 0 Å². The minimum absolute atomic E-state index is 0.334. The van der Waals surface area contributed by atoms with E-state index in [9.17, 15) is 10.2 Å². The molecule has 2 N–H and O–H groups in total. The van der Waals surface area contributed by atoms with Crippen molar-refractivity contribution in [1.82, 2.24) is 0 Å². The van der Waals surface area contributed by atoms with Gasteiger partial charge in [-0.3, -0.25) is 0 Å². The van der Waals surface area contributed by atoms with Crippen LogP contribution in [0.2, 0.25) is 0 Å². The van der Waals surface area contributed by atoms with Crippen LogP contribution in [0.15, 0.2) is 36.4 Å². The van der Waals surface area contributed by atoms with Crippen LogP contribution in [-0.2, 0) is 19.3 Å². The lowest BCUT2D eigenvalue weighted by molar-refractivity contribution is 0.474. The Morgan fingerprint density at radius 3 is 2.24 bits per heavy atom. The van der Waals surface area contributed by atoms with Gasteiger partial charge in [-0.15, -0.1) is 0 Å². The smallest absolute Gasteiger partial charge is 0.116 e. The minimum Gasteiger partial charge on any atom is -0.508 e. The highest BCUT2D eigenvalue weighted by atomic mass is 16.3. The summed E-state index contributed by atoms with van der Waals surface area (Å²) in [7, 11) is 0. The van der Waals surface area contributed by atoms with Crippen LogP contribution in [-0.4, -0.2) is 10.2 Å². The van der Waals surface area contributed by atoms with E-state index in [1.807, 2.05) is 12.1 Å². The number of phenolic OH excluding ortho intramolecular Hbond substituents is 2. The first-order chi connectivity index (χ1) is 12.1. The Kier molecular flexibility index (Phi) is 3.91. The van der Waals surface area contributed by atoms with E-state index in [2.05, 4.69) is 26.0 Å². The summed E-state index contributed by atoms with van der Waals surface area (Å²) in [6, 6.07) is 11.6. The third kappa shape index (κ3) is 2.48. The van der Waals surface area contributed by atoms with Crippen LogP contribution in [0.4, 0.5) is 0 Å². The number of hydrogen-bond donors (Lipinski definition) is 2. The topological polar surface area (TPSA) is 40.5 Å². The summed E-state index contributed by atoms with van der Waals surface area (Å²) < 4.78 is 0. The van der Waals surface area contributed by atoms with Crippen LogP contribution in [0.5, 0.6) is 11.5 Å². The quantitative estimate of drug-likeness (QED) is 0.501. The second-order valence-electron chi connectivity index (χ2n) is 7.06. The molecule has 0 amide bonds. The predicted octanol–water partition coefficient (Wildman–Crippen LogP) is 5.73. The molecule has 0 fully saturated rings. The molecule has 0 atom stereocenters. The van der Waals surface area contributed by atoms with E-state index in [-0.39, 0.29) is 0 Å². The van der Waals surface area contributed by atoms with Crippen LogP contribution in [0.3, 0.4) is 0 Å². The SMILES string of the molecule is CCCc1c2c(c(CCC)c3ccc(O)cc13)-c1ccc(O)cc1C2. The third-order valence-corrected chi connectivity index (χ3v) is 5.35. The largest absolute Gasteiger partial charge is 0.508 e. The highest BCUT2D eigenvalue weighted by molar-refractivity contribution is 5.99. The Balaban J connectivity index is 2.11. The van der Waals surface area contributed by atoms with Gasteiger partial charge in [0.15, 0.2) is 0 Å². The van der Waals surface area contributed by atoms with E-state index < -0.39 is 0 Å². The number of hydrogen-bond acceptors (Lipinski definition) is 2. The van der Waals surface area contributed by atoms with Crippen LogP contribution in [0, 0.1) is 0 Å². The minimum atomic E-state index is 0.334. The van der Waals surface area contributed by atoms with Gasteiger partial charge in [0, 0.05) is 0 Å². The van der Waals surface area contributed by atoms with Crippen molar-refractivity contribution in [3.63, 3.8) is 0 Å². The summed E-state index contributed by atoms with van der Waals surface area (Å²) in [5.41, 5.74) is 7.99. The number of aryl methyl sites for hydroxylation is 2. The maximum absolute atomic E-state index is 10.1. The van der Waals surface area contributed by atoms with Gasteiger partial charge in [-0.05, 0) is 87.7 Å². The lowest BCUT2D eigenvalue weighted by atomic mass is 9.85. The summed E-state index contributed by atoms with van der Waals surface area (Å²) in [6.45, 7) is 4.42. The van der Waals surface area contributed by atoms with Crippen molar-refractivity contribution in [1.29, 1.82) is 0 Å². The van der Waals surface area contributed by atoms with Gasteiger partial charge in [0.25, 0.3) is 0 Å². The molecule has 0 unspecified atom stereocenters. The molecule has 2 nitrogen and oxygen atoms in total. The van der Waals surface area contributed by atoms with E-state index in [4.69, 9.17) is 0 Å². The molecule has 0 aromatic heterocycles. The van der Waals surface area contributed by atoms with E-state index in [0.717, 1.165) is 32.1 Å². The molecule has 3 aromatic rings. The van der Waals surface area contributed by atoms with Gasteiger partial charge in [0.05, 0.1) is 0 Å². The van der Waals surface area contributed by atoms with Gasteiger partial charge in [-0.2, -0.15) is 0 Å². The molecule has 128 valence electrons. The Hall–Kier alpha value is -2.48. The van der Waals surface area contributed by atoms with Gasteiger partial charge in [0.1, 0.15) is 11.5 Å². The summed E-state index contributed by atoms with van der Waals surface area (Å²) in [5.74, 6) is 0.670. The highest BCUT2D eigenvalue weighted by Crippen LogP contribution is 2.46. The monoisotopic (exact) mass is 332 g/mol. The summed E-state index contributed by atoms with van der Waals surface area (Å²) >= 11 is 0.